The summed E-state index contributed by atoms with van der Waals surface area (Å²) in [4.78, 5) is 11.6. The molecule has 2 rings (SSSR count). The van der Waals surface area contributed by atoms with E-state index in [1.807, 2.05) is 36.4 Å². The van der Waals surface area contributed by atoms with E-state index in [1.165, 1.54) is 6.21 Å². The summed E-state index contributed by atoms with van der Waals surface area (Å²) in [6, 6.07) is 16.8. The van der Waals surface area contributed by atoms with E-state index in [-0.39, 0.29) is 12.5 Å². The van der Waals surface area contributed by atoms with Gasteiger partial charge in [-0.1, -0.05) is 36.4 Å². The van der Waals surface area contributed by atoms with Crippen molar-refractivity contribution < 1.29 is 14.3 Å². The van der Waals surface area contributed by atoms with Crippen molar-refractivity contribution in [3.63, 3.8) is 0 Å². The third kappa shape index (κ3) is 6.05. The van der Waals surface area contributed by atoms with Crippen molar-refractivity contribution >= 4 is 18.2 Å². The van der Waals surface area contributed by atoms with Crippen LogP contribution in [0.25, 0.3) is 6.08 Å². The number of methoxy groups -OCH3 is 1. The highest BCUT2D eigenvalue weighted by atomic mass is 16.5. The SMILES string of the molecule is COc1ccc(OCC(=O)N/N=C/C=C/c2ccccc2)cc1. The number of carbonyl (C=O) groups is 1. The smallest absolute Gasteiger partial charge is 0.277 e. The Hall–Kier alpha value is -3.08. The summed E-state index contributed by atoms with van der Waals surface area (Å²) < 4.78 is 10.4. The second-order valence-electron chi connectivity index (χ2n) is 4.55. The molecule has 1 N–H and O–H groups in total. The first-order valence-corrected chi connectivity index (χ1v) is 7.08. The van der Waals surface area contributed by atoms with Crippen LogP contribution in [0.15, 0.2) is 65.8 Å². The minimum Gasteiger partial charge on any atom is -0.497 e. The van der Waals surface area contributed by atoms with Gasteiger partial charge in [0.15, 0.2) is 6.61 Å². The molecule has 0 atom stereocenters. The van der Waals surface area contributed by atoms with Crippen LogP contribution in [0.5, 0.6) is 11.5 Å². The monoisotopic (exact) mass is 310 g/mol. The maximum absolute atomic E-state index is 11.6. The van der Waals surface area contributed by atoms with Gasteiger partial charge >= 0.3 is 0 Å². The molecule has 5 heteroatoms. The first-order chi connectivity index (χ1) is 11.3. The zero-order valence-corrected chi connectivity index (χ0v) is 12.8. The molecule has 23 heavy (non-hydrogen) atoms. The quantitative estimate of drug-likeness (QED) is 0.632. The maximum atomic E-state index is 11.6. The van der Waals surface area contributed by atoms with E-state index in [4.69, 9.17) is 9.47 Å². The molecule has 0 saturated carbocycles. The fourth-order valence-electron chi connectivity index (χ4n) is 1.72. The molecule has 0 heterocycles. The highest BCUT2D eigenvalue weighted by Gasteiger charge is 2.01. The Labute approximate surface area is 135 Å². The lowest BCUT2D eigenvalue weighted by atomic mass is 10.2. The van der Waals surface area contributed by atoms with Gasteiger partial charge in [0.2, 0.25) is 0 Å². The van der Waals surface area contributed by atoms with E-state index in [1.54, 1.807) is 37.5 Å². The molecule has 0 spiro atoms. The second-order valence-corrected chi connectivity index (χ2v) is 4.55. The van der Waals surface area contributed by atoms with Crippen molar-refractivity contribution in [2.45, 2.75) is 0 Å². The molecule has 0 aliphatic carbocycles. The lowest BCUT2D eigenvalue weighted by Crippen LogP contribution is -2.24. The molecular weight excluding hydrogens is 292 g/mol. The lowest BCUT2D eigenvalue weighted by Gasteiger charge is -2.05. The van der Waals surface area contributed by atoms with Crippen LogP contribution in [0.1, 0.15) is 5.56 Å². The van der Waals surface area contributed by atoms with Gasteiger partial charge in [-0.2, -0.15) is 5.10 Å². The first-order valence-electron chi connectivity index (χ1n) is 7.08. The number of ether oxygens (including phenoxy) is 2. The Bertz CT molecular complexity index is 664. The zero-order valence-electron chi connectivity index (χ0n) is 12.8. The number of benzene rings is 2. The van der Waals surface area contributed by atoms with Crippen LogP contribution in [0.2, 0.25) is 0 Å². The van der Waals surface area contributed by atoms with Gasteiger partial charge in [-0.05, 0) is 35.9 Å². The van der Waals surface area contributed by atoms with E-state index in [2.05, 4.69) is 10.5 Å². The van der Waals surface area contributed by atoms with Crippen LogP contribution in [-0.4, -0.2) is 25.8 Å². The fraction of sp³-hybridized carbons (Fsp3) is 0.111. The lowest BCUT2D eigenvalue weighted by molar-refractivity contribution is -0.123. The van der Waals surface area contributed by atoms with Crippen molar-refractivity contribution in [2.24, 2.45) is 5.10 Å². The standard InChI is InChI=1S/C18H18N2O3/c1-22-16-9-11-17(12-10-16)23-14-18(21)20-19-13-5-8-15-6-3-2-4-7-15/h2-13H,14H2,1H3,(H,20,21)/b8-5+,19-13+. The van der Waals surface area contributed by atoms with E-state index < -0.39 is 0 Å². The minimum atomic E-state index is -0.329. The normalized spacial score (nSPS) is 10.8. The van der Waals surface area contributed by atoms with Crippen LogP contribution < -0.4 is 14.9 Å². The van der Waals surface area contributed by atoms with Crippen molar-refractivity contribution in [1.82, 2.24) is 5.43 Å². The molecular formula is C18H18N2O3. The number of amides is 1. The van der Waals surface area contributed by atoms with Crippen molar-refractivity contribution in [2.75, 3.05) is 13.7 Å². The van der Waals surface area contributed by atoms with Crippen molar-refractivity contribution in [3.05, 3.63) is 66.2 Å². The molecule has 0 aromatic heterocycles. The molecule has 0 aliphatic rings. The average molecular weight is 310 g/mol. The highest BCUT2D eigenvalue weighted by molar-refractivity contribution is 5.81. The molecule has 2 aromatic rings. The highest BCUT2D eigenvalue weighted by Crippen LogP contribution is 2.16. The van der Waals surface area contributed by atoms with Gasteiger partial charge in [0.1, 0.15) is 11.5 Å². The number of nitrogens with one attached hydrogen (secondary N) is 1. The number of hydrogen-bond acceptors (Lipinski definition) is 4. The van der Waals surface area contributed by atoms with Crippen LogP contribution in [0.4, 0.5) is 0 Å². The molecule has 0 fully saturated rings. The molecule has 0 aliphatic heterocycles. The molecule has 2 aromatic carbocycles. The maximum Gasteiger partial charge on any atom is 0.277 e. The summed E-state index contributed by atoms with van der Waals surface area (Å²) in [5, 5.41) is 3.81. The summed E-state index contributed by atoms with van der Waals surface area (Å²) in [5.41, 5.74) is 3.45. The van der Waals surface area contributed by atoms with E-state index in [0.717, 1.165) is 11.3 Å². The minimum absolute atomic E-state index is 0.105. The second kappa shape index (κ2) is 9.04. The average Bonchev–Trinajstić information content (AvgIpc) is 2.61. The predicted molar refractivity (Wildman–Crippen MR) is 90.6 cm³/mol. The summed E-state index contributed by atoms with van der Waals surface area (Å²) in [5.74, 6) is 0.996. The topological polar surface area (TPSA) is 59.9 Å². The van der Waals surface area contributed by atoms with Crippen LogP contribution >= 0.6 is 0 Å². The first kappa shape index (κ1) is 16.3. The summed E-state index contributed by atoms with van der Waals surface area (Å²) >= 11 is 0. The van der Waals surface area contributed by atoms with E-state index in [0.29, 0.717) is 5.75 Å². The van der Waals surface area contributed by atoms with Gasteiger partial charge in [0.25, 0.3) is 5.91 Å². The molecule has 118 valence electrons. The van der Waals surface area contributed by atoms with Gasteiger partial charge < -0.3 is 9.47 Å². The Morgan fingerprint density at radius 2 is 1.78 bits per heavy atom. The van der Waals surface area contributed by atoms with E-state index in [9.17, 15) is 4.79 Å². The third-order valence-electron chi connectivity index (χ3n) is 2.87. The largest absolute Gasteiger partial charge is 0.497 e. The molecule has 0 unspecified atom stereocenters. The van der Waals surface area contributed by atoms with Crippen LogP contribution in [-0.2, 0) is 4.79 Å². The Balaban J connectivity index is 1.70. The number of carbonyl (C=O) groups excluding carboxylic acids is 1. The van der Waals surface area contributed by atoms with Crippen molar-refractivity contribution in [1.29, 1.82) is 0 Å². The van der Waals surface area contributed by atoms with Crippen molar-refractivity contribution in [3.8, 4) is 11.5 Å². The third-order valence-corrected chi connectivity index (χ3v) is 2.87. The molecule has 1 amide bonds. The molecule has 5 nitrogen and oxygen atoms in total. The summed E-state index contributed by atoms with van der Waals surface area (Å²) in [6.45, 7) is -0.105. The fourth-order valence-corrected chi connectivity index (χ4v) is 1.72. The summed E-state index contributed by atoms with van der Waals surface area (Å²) in [6.07, 6.45) is 5.15. The number of hydrazone groups is 1. The Kier molecular flexibility index (Phi) is 6.41. The molecule has 0 saturated heterocycles. The van der Waals surface area contributed by atoms with Gasteiger partial charge in [-0.15, -0.1) is 0 Å². The van der Waals surface area contributed by atoms with Gasteiger partial charge in [0.05, 0.1) is 7.11 Å². The Morgan fingerprint density at radius 1 is 1.09 bits per heavy atom. The van der Waals surface area contributed by atoms with E-state index >= 15 is 0 Å². The Morgan fingerprint density at radius 3 is 2.48 bits per heavy atom. The number of nitrogens with zero attached hydrogens (tertiary/aromatic N) is 1. The van der Waals surface area contributed by atoms with Gasteiger partial charge in [-0.25, -0.2) is 5.43 Å². The van der Waals surface area contributed by atoms with Gasteiger partial charge in [0, 0.05) is 6.21 Å². The number of allylic oxidation sites excluding steroid dienone is 1. The molecule has 0 bridgehead atoms. The van der Waals surface area contributed by atoms with Crippen LogP contribution in [0.3, 0.4) is 0 Å². The zero-order chi connectivity index (χ0) is 16.3. The predicted octanol–water partition coefficient (Wildman–Crippen LogP) is 2.89. The van der Waals surface area contributed by atoms with Crippen LogP contribution in [0, 0.1) is 0 Å². The number of rotatable bonds is 7. The molecule has 0 radical (unpaired) electrons. The number of hydrogen-bond donors (Lipinski definition) is 1. The van der Waals surface area contributed by atoms with Gasteiger partial charge in [-0.3, -0.25) is 4.79 Å². The summed E-state index contributed by atoms with van der Waals surface area (Å²) in [7, 11) is 1.59.